The number of halogens is 1. The Morgan fingerprint density at radius 2 is 2.13 bits per heavy atom. The molecule has 1 heterocycles. The first kappa shape index (κ1) is 24.1. The molecule has 0 radical (unpaired) electrons. The van der Waals surface area contributed by atoms with E-state index in [1.807, 2.05) is 13.8 Å². The van der Waals surface area contributed by atoms with Gasteiger partial charge in [0, 0.05) is 17.6 Å². The van der Waals surface area contributed by atoms with E-state index in [1.165, 1.54) is 0 Å². The van der Waals surface area contributed by atoms with Crippen LogP contribution in [0.4, 0.5) is 0 Å². The molecule has 1 fully saturated rings. The number of nitrogens with one attached hydrogen (secondary N) is 2. The summed E-state index contributed by atoms with van der Waals surface area (Å²) in [5.74, 6) is -0.841. The van der Waals surface area contributed by atoms with Crippen LogP contribution in [0, 0.1) is 0 Å². The van der Waals surface area contributed by atoms with E-state index >= 15 is 0 Å². The number of hydrogen-bond donors (Lipinski definition) is 2. The molecular formula is C20H26BrN3O5S. The van der Waals surface area contributed by atoms with E-state index in [9.17, 15) is 14.4 Å². The number of piperazine rings is 1. The molecule has 0 aromatic heterocycles. The monoisotopic (exact) mass is 499 g/mol. The van der Waals surface area contributed by atoms with Gasteiger partial charge in [0.1, 0.15) is 11.8 Å². The summed E-state index contributed by atoms with van der Waals surface area (Å²) in [6.45, 7) is 5.26. The number of nitrogens with zero attached hydrogens (tertiary/aromatic N) is 1. The molecule has 10 heteroatoms. The van der Waals surface area contributed by atoms with Crippen molar-refractivity contribution in [3.63, 3.8) is 0 Å². The van der Waals surface area contributed by atoms with Gasteiger partial charge in [0.25, 0.3) is 5.91 Å². The first-order chi connectivity index (χ1) is 14.4. The number of benzene rings is 1. The van der Waals surface area contributed by atoms with Crippen molar-refractivity contribution in [2.75, 3.05) is 26.3 Å². The average Bonchev–Trinajstić information content (AvgIpc) is 2.71. The van der Waals surface area contributed by atoms with Crippen LogP contribution in [0.2, 0.25) is 0 Å². The molecule has 1 atom stereocenters. The van der Waals surface area contributed by atoms with Crippen LogP contribution in [0.25, 0.3) is 0 Å². The lowest BCUT2D eigenvalue weighted by Crippen LogP contribution is -2.60. The van der Waals surface area contributed by atoms with Gasteiger partial charge in [0.2, 0.25) is 5.91 Å². The predicted octanol–water partition coefficient (Wildman–Crippen LogP) is 2.40. The molecule has 2 rings (SSSR count). The first-order valence-electron chi connectivity index (χ1n) is 9.85. The van der Waals surface area contributed by atoms with Crippen LogP contribution in [0.1, 0.15) is 43.5 Å². The van der Waals surface area contributed by atoms with E-state index < -0.39 is 17.9 Å². The van der Waals surface area contributed by atoms with E-state index in [-0.39, 0.29) is 17.4 Å². The number of esters is 1. The highest BCUT2D eigenvalue weighted by molar-refractivity contribution is 9.10. The maximum absolute atomic E-state index is 12.8. The maximum Gasteiger partial charge on any atom is 0.308 e. The summed E-state index contributed by atoms with van der Waals surface area (Å²) < 4.78 is 11.4. The van der Waals surface area contributed by atoms with Gasteiger partial charge >= 0.3 is 5.97 Å². The van der Waals surface area contributed by atoms with E-state index in [4.69, 9.17) is 21.7 Å². The Morgan fingerprint density at radius 1 is 1.37 bits per heavy atom. The van der Waals surface area contributed by atoms with Gasteiger partial charge in [-0.2, -0.15) is 0 Å². The van der Waals surface area contributed by atoms with Crippen molar-refractivity contribution in [3.05, 3.63) is 28.2 Å². The normalized spacial score (nSPS) is 15.9. The molecule has 1 aliphatic heterocycles. The molecule has 2 amide bonds. The van der Waals surface area contributed by atoms with Crippen molar-refractivity contribution in [2.24, 2.45) is 0 Å². The Balaban J connectivity index is 2.09. The molecular weight excluding hydrogens is 474 g/mol. The molecule has 1 unspecified atom stereocenters. The molecule has 0 spiro atoms. The second-order valence-electron chi connectivity index (χ2n) is 6.61. The van der Waals surface area contributed by atoms with E-state index in [2.05, 4.69) is 26.6 Å². The number of unbranched alkanes of at least 4 members (excludes halogenated alkanes) is 1. The van der Waals surface area contributed by atoms with Gasteiger partial charge in [-0.25, -0.2) is 0 Å². The lowest BCUT2D eigenvalue weighted by atomic mass is 10.1. The standard InChI is InChI=1S/C20H26BrN3O5S/c1-3-5-10-29-17(25)12-15-19(27)22-8-9-24(15)20(30)23-18(26)14-11-13(21)6-7-16(14)28-4-2/h6-7,11,15H,3-5,8-10,12H2,1-2H3,(H,22,27)(H,23,26,30). The fraction of sp³-hybridized carbons (Fsp3) is 0.500. The van der Waals surface area contributed by atoms with Crippen molar-refractivity contribution in [1.29, 1.82) is 0 Å². The van der Waals surface area contributed by atoms with Crippen LogP contribution in [0.15, 0.2) is 22.7 Å². The molecule has 0 bridgehead atoms. The van der Waals surface area contributed by atoms with Crippen LogP contribution < -0.4 is 15.4 Å². The molecule has 2 N–H and O–H groups in total. The Hall–Kier alpha value is -2.20. The lowest BCUT2D eigenvalue weighted by molar-refractivity contribution is -0.147. The zero-order valence-electron chi connectivity index (χ0n) is 17.0. The summed E-state index contributed by atoms with van der Waals surface area (Å²) in [5.41, 5.74) is 0.311. The second-order valence-corrected chi connectivity index (χ2v) is 7.91. The first-order valence-corrected chi connectivity index (χ1v) is 11.0. The number of hydrogen-bond acceptors (Lipinski definition) is 6. The average molecular weight is 500 g/mol. The summed E-state index contributed by atoms with van der Waals surface area (Å²) in [5, 5.41) is 5.45. The largest absolute Gasteiger partial charge is 0.493 e. The number of ether oxygens (including phenoxy) is 2. The smallest absolute Gasteiger partial charge is 0.308 e. The number of carbonyl (C=O) groups excluding carboxylic acids is 3. The third kappa shape index (κ3) is 6.66. The van der Waals surface area contributed by atoms with E-state index in [0.717, 1.165) is 12.8 Å². The summed E-state index contributed by atoms with van der Waals surface area (Å²) in [7, 11) is 0. The van der Waals surface area contributed by atoms with Crippen LogP contribution in [-0.4, -0.2) is 60.1 Å². The van der Waals surface area contributed by atoms with Crippen LogP contribution in [0.5, 0.6) is 5.75 Å². The highest BCUT2D eigenvalue weighted by Gasteiger charge is 2.34. The zero-order valence-corrected chi connectivity index (χ0v) is 19.4. The number of rotatable bonds is 8. The van der Waals surface area contributed by atoms with Gasteiger partial charge in [-0.3, -0.25) is 19.7 Å². The van der Waals surface area contributed by atoms with Gasteiger partial charge in [0.15, 0.2) is 5.11 Å². The minimum atomic E-state index is -0.838. The fourth-order valence-corrected chi connectivity index (χ4v) is 3.58. The number of amides is 2. The predicted molar refractivity (Wildman–Crippen MR) is 119 cm³/mol. The van der Waals surface area contributed by atoms with Crippen LogP contribution in [0.3, 0.4) is 0 Å². The Kier molecular flexibility index (Phi) is 9.51. The molecule has 1 saturated heterocycles. The van der Waals surface area contributed by atoms with Crippen molar-refractivity contribution < 1.29 is 23.9 Å². The number of carbonyl (C=O) groups is 3. The second kappa shape index (κ2) is 11.8. The molecule has 1 aromatic rings. The molecule has 1 aliphatic rings. The van der Waals surface area contributed by atoms with Gasteiger partial charge < -0.3 is 19.7 Å². The molecule has 1 aromatic carbocycles. The van der Waals surface area contributed by atoms with Crippen molar-refractivity contribution in [2.45, 2.75) is 39.2 Å². The minimum absolute atomic E-state index is 0.0728. The van der Waals surface area contributed by atoms with Crippen LogP contribution >= 0.6 is 28.1 Å². The fourth-order valence-electron chi connectivity index (χ4n) is 2.91. The molecule has 0 saturated carbocycles. The van der Waals surface area contributed by atoms with E-state index in [1.54, 1.807) is 23.1 Å². The highest BCUT2D eigenvalue weighted by Crippen LogP contribution is 2.23. The summed E-state index contributed by atoms with van der Waals surface area (Å²) in [4.78, 5) is 38.8. The van der Waals surface area contributed by atoms with Gasteiger partial charge in [-0.1, -0.05) is 29.3 Å². The molecule has 30 heavy (non-hydrogen) atoms. The topological polar surface area (TPSA) is 97.0 Å². The lowest BCUT2D eigenvalue weighted by Gasteiger charge is -2.36. The quantitative estimate of drug-likeness (QED) is 0.322. The third-order valence-corrected chi connectivity index (χ3v) is 5.25. The zero-order chi connectivity index (χ0) is 22.1. The SMILES string of the molecule is CCCCOC(=O)CC1C(=O)NCCN1C(=S)NC(=O)c1cc(Br)ccc1OCC. The van der Waals surface area contributed by atoms with Crippen LogP contribution in [-0.2, 0) is 14.3 Å². The van der Waals surface area contributed by atoms with Gasteiger partial charge in [-0.15, -0.1) is 0 Å². The molecule has 164 valence electrons. The van der Waals surface area contributed by atoms with Crippen molar-refractivity contribution in [1.82, 2.24) is 15.5 Å². The van der Waals surface area contributed by atoms with Crippen molar-refractivity contribution >= 4 is 51.0 Å². The Morgan fingerprint density at radius 3 is 2.83 bits per heavy atom. The van der Waals surface area contributed by atoms with E-state index in [0.29, 0.717) is 42.1 Å². The van der Waals surface area contributed by atoms with Gasteiger partial charge in [0.05, 0.1) is 25.2 Å². The van der Waals surface area contributed by atoms with Gasteiger partial charge in [-0.05, 0) is 43.8 Å². The third-order valence-electron chi connectivity index (χ3n) is 4.42. The molecule has 8 nitrogen and oxygen atoms in total. The summed E-state index contributed by atoms with van der Waals surface area (Å²) >= 11 is 8.74. The Bertz CT molecular complexity index is 805. The summed E-state index contributed by atoms with van der Waals surface area (Å²) in [6, 6.07) is 4.26. The molecule has 0 aliphatic carbocycles. The summed E-state index contributed by atoms with van der Waals surface area (Å²) in [6.07, 6.45) is 1.51. The number of thiocarbonyl (C=S) groups is 1. The highest BCUT2D eigenvalue weighted by atomic mass is 79.9. The maximum atomic E-state index is 12.8. The van der Waals surface area contributed by atoms with Crippen molar-refractivity contribution in [3.8, 4) is 5.75 Å². The Labute approximate surface area is 189 Å². The minimum Gasteiger partial charge on any atom is -0.493 e.